The fraction of sp³-hybridized carbons (Fsp3) is 0.429. The van der Waals surface area contributed by atoms with E-state index in [4.69, 9.17) is 4.74 Å². The van der Waals surface area contributed by atoms with Gasteiger partial charge in [-0.25, -0.2) is 0 Å². The van der Waals surface area contributed by atoms with E-state index in [9.17, 15) is 9.59 Å². The lowest BCUT2D eigenvalue weighted by Crippen LogP contribution is -2.54. The fourth-order valence-electron chi connectivity index (χ4n) is 4.76. The van der Waals surface area contributed by atoms with Crippen molar-refractivity contribution in [1.82, 2.24) is 9.88 Å². The molecule has 2 bridgehead atoms. The molecule has 5 nitrogen and oxygen atoms in total. The van der Waals surface area contributed by atoms with Crippen LogP contribution in [-0.2, 0) is 16.0 Å². The van der Waals surface area contributed by atoms with E-state index in [1.54, 1.807) is 0 Å². The number of methoxy groups -OCH3 is 1. The second-order valence-corrected chi connectivity index (χ2v) is 7.36. The number of ether oxygens (including phenoxy) is 1. The van der Waals surface area contributed by atoms with Gasteiger partial charge in [-0.15, -0.1) is 0 Å². The number of carbonyl (C=O) groups is 2. The number of likely N-dealkylation sites (N-methyl/N-ethyl adjacent to an activating group) is 1. The molecule has 0 amide bonds. The molecule has 136 valence electrons. The number of aromatic nitrogens is 1. The number of hydrogen-bond acceptors (Lipinski definition) is 4. The number of ketones is 1. The van der Waals surface area contributed by atoms with E-state index < -0.39 is 0 Å². The quantitative estimate of drug-likeness (QED) is 0.633. The zero-order valence-corrected chi connectivity index (χ0v) is 15.4. The summed E-state index contributed by atoms with van der Waals surface area (Å²) in [6.45, 7) is 2.76. The standard InChI is InChI=1S/C21H24N2O3/c1-4-12-11-23(2)17-9-15-13-7-5-6-8-16(13)22-20(15)18(24)10-14(12)19(17)21(25)26-3/h4-8,14,17,19,22H,9-11H2,1-3H3/t14?,17-,19-/m0/s1. The van der Waals surface area contributed by atoms with Gasteiger partial charge in [0.05, 0.1) is 18.7 Å². The first-order valence-electron chi connectivity index (χ1n) is 9.11. The number of hydrogen-bond donors (Lipinski definition) is 1. The number of esters is 1. The molecular formula is C21H24N2O3. The Bertz CT molecular complexity index is 911. The topological polar surface area (TPSA) is 62.4 Å². The van der Waals surface area contributed by atoms with E-state index in [0.717, 1.165) is 28.6 Å². The number of H-pyrrole nitrogens is 1. The number of piperidine rings is 1. The molecule has 0 radical (unpaired) electrons. The number of likely N-dealkylation sites (tertiary alicyclic amines) is 1. The highest BCUT2D eigenvalue weighted by Gasteiger charge is 2.46. The van der Waals surface area contributed by atoms with Crippen molar-refractivity contribution in [3.63, 3.8) is 0 Å². The summed E-state index contributed by atoms with van der Waals surface area (Å²) >= 11 is 0. The van der Waals surface area contributed by atoms with Crippen molar-refractivity contribution in [1.29, 1.82) is 0 Å². The Kier molecular flexibility index (Phi) is 4.19. The summed E-state index contributed by atoms with van der Waals surface area (Å²) in [6.07, 6.45) is 3.05. The van der Waals surface area contributed by atoms with Gasteiger partial charge in [0.2, 0.25) is 0 Å². The predicted octanol–water partition coefficient (Wildman–Crippen LogP) is 2.96. The molecule has 2 heterocycles. The van der Waals surface area contributed by atoms with Crippen LogP contribution in [0.5, 0.6) is 0 Å². The monoisotopic (exact) mass is 352 g/mol. The third-order valence-corrected chi connectivity index (χ3v) is 6.08. The maximum atomic E-state index is 13.1. The van der Waals surface area contributed by atoms with Crippen molar-refractivity contribution in [2.75, 3.05) is 20.7 Å². The van der Waals surface area contributed by atoms with Gasteiger partial charge in [0, 0.05) is 35.8 Å². The minimum atomic E-state index is -0.323. The number of allylic oxidation sites excluding steroid dienone is 1. The molecule has 1 aliphatic carbocycles. The first kappa shape index (κ1) is 17.0. The Hall–Kier alpha value is -2.40. The number of nitrogens with zero attached hydrogens (tertiary/aromatic N) is 1. The van der Waals surface area contributed by atoms with Crippen LogP contribution in [0.3, 0.4) is 0 Å². The molecule has 2 aromatic rings. The molecular weight excluding hydrogens is 328 g/mol. The maximum Gasteiger partial charge on any atom is 0.310 e. The van der Waals surface area contributed by atoms with Crippen LogP contribution in [0.25, 0.3) is 10.9 Å². The van der Waals surface area contributed by atoms with Crippen molar-refractivity contribution in [3.8, 4) is 0 Å². The number of rotatable bonds is 1. The van der Waals surface area contributed by atoms with E-state index >= 15 is 0 Å². The van der Waals surface area contributed by atoms with Gasteiger partial charge in [-0.05, 0) is 32.0 Å². The molecule has 1 aliphatic heterocycles. The van der Waals surface area contributed by atoms with Crippen LogP contribution in [0, 0.1) is 11.8 Å². The Morgan fingerprint density at radius 3 is 2.81 bits per heavy atom. The average Bonchev–Trinajstić information content (AvgIpc) is 3.01. The highest BCUT2D eigenvalue weighted by Crippen LogP contribution is 2.41. The minimum Gasteiger partial charge on any atom is -0.469 e. The second-order valence-electron chi connectivity index (χ2n) is 7.36. The summed E-state index contributed by atoms with van der Waals surface area (Å²) in [6, 6.07) is 8.02. The third kappa shape index (κ3) is 2.50. The van der Waals surface area contributed by atoms with E-state index in [2.05, 4.69) is 16.9 Å². The first-order chi connectivity index (χ1) is 12.5. The molecule has 1 N–H and O–H groups in total. The van der Waals surface area contributed by atoms with Crippen molar-refractivity contribution < 1.29 is 14.3 Å². The maximum absolute atomic E-state index is 13.1. The molecule has 5 heteroatoms. The van der Waals surface area contributed by atoms with Crippen molar-refractivity contribution >= 4 is 22.7 Å². The Balaban J connectivity index is 1.91. The van der Waals surface area contributed by atoms with Gasteiger partial charge >= 0.3 is 5.97 Å². The third-order valence-electron chi connectivity index (χ3n) is 6.08. The lowest BCUT2D eigenvalue weighted by molar-refractivity contribution is -0.150. The van der Waals surface area contributed by atoms with Gasteiger partial charge in [-0.3, -0.25) is 14.5 Å². The van der Waals surface area contributed by atoms with Gasteiger partial charge in [-0.1, -0.05) is 29.8 Å². The lowest BCUT2D eigenvalue weighted by atomic mass is 9.70. The highest BCUT2D eigenvalue weighted by atomic mass is 16.5. The SMILES string of the molecule is CC=C1CN(C)[C@H]2Cc3c([nH]c4ccccc34)C(=O)CC1[C@@H]2C(=O)OC. The summed E-state index contributed by atoms with van der Waals surface area (Å²) in [5.41, 5.74) is 3.85. The van der Waals surface area contributed by atoms with Crippen LogP contribution < -0.4 is 0 Å². The summed E-state index contributed by atoms with van der Waals surface area (Å²) in [5.74, 6) is -0.559. The van der Waals surface area contributed by atoms with E-state index in [0.29, 0.717) is 18.5 Å². The van der Waals surface area contributed by atoms with E-state index in [-0.39, 0.29) is 29.6 Å². The summed E-state index contributed by atoms with van der Waals surface area (Å²) < 4.78 is 5.14. The van der Waals surface area contributed by atoms with Gasteiger partial charge in [-0.2, -0.15) is 0 Å². The van der Waals surface area contributed by atoms with Gasteiger partial charge in [0.15, 0.2) is 5.78 Å². The number of aromatic amines is 1. The van der Waals surface area contributed by atoms with Gasteiger partial charge in [0.1, 0.15) is 0 Å². The Morgan fingerprint density at radius 2 is 2.08 bits per heavy atom. The molecule has 4 rings (SSSR count). The predicted molar refractivity (Wildman–Crippen MR) is 100 cm³/mol. The number of carbonyl (C=O) groups excluding carboxylic acids is 2. The van der Waals surface area contributed by atoms with Crippen molar-refractivity contribution in [2.45, 2.75) is 25.8 Å². The number of para-hydroxylation sites is 1. The lowest BCUT2D eigenvalue weighted by Gasteiger charge is -2.45. The molecule has 0 spiro atoms. The van der Waals surface area contributed by atoms with Crippen molar-refractivity contribution in [3.05, 3.63) is 47.2 Å². The Labute approximate surface area is 153 Å². The molecule has 1 aromatic heterocycles. The molecule has 2 aliphatic rings. The average molecular weight is 352 g/mol. The van der Waals surface area contributed by atoms with Gasteiger partial charge in [0.25, 0.3) is 0 Å². The van der Waals surface area contributed by atoms with E-state index in [1.165, 1.54) is 7.11 Å². The fourth-order valence-corrected chi connectivity index (χ4v) is 4.76. The number of benzene rings is 1. The minimum absolute atomic E-state index is 0.0159. The zero-order chi connectivity index (χ0) is 18.4. The molecule has 1 fully saturated rings. The largest absolute Gasteiger partial charge is 0.469 e. The number of fused-ring (bicyclic) bond motifs is 5. The smallest absolute Gasteiger partial charge is 0.310 e. The summed E-state index contributed by atoms with van der Waals surface area (Å²) in [4.78, 5) is 31.3. The van der Waals surface area contributed by atoms with Crippen LogP contribution in [0.2, 0.25) is 0 Å². The summed E-state index contributed by atoms with van der Waals surface area (Å²) in [7, 11) is 3.49. The second kappa shape index (κ2) is 6.40. The van der Waals surface area contributed by atoms with Crippen LogP contribution in [0.15, 0.2) is 35.9 Å². The molecule has 1 saturated heterocycles. The normalized spacial score (nSPS) is 27.9. The number of nitrogens with one attached hydrogen (secondary N) is 1. The molecule has 3 atom stereocenters. The zero-order valence-electron chi connectivity index (χ0n) is 15.4. The van der Waals surface area contributed by atoms with Crippen LogP contribution >= 0.6 is 0 Å². The Morgan fingerprint density at radius 1 is 1.31 bits per heavy atom. The molecule has 0 saturated carbocycles. The van der Waals surface area contributed by atoms with Crippen LogP contribution in [0.1, 0.15) is 29.4 Å². The van der Waals surface area contributed by atoms with Crippen LogP contribution in [0.4, 0.5) is 0 Å². The van der Waals surface area contributed by atoms with E-state index in [1.807, 2.05) is 37.3 Å². The highest BCUT2D eigenvalue weighted by molar-refractivity contribution is 6.03. The van der Waals surface area contributed by atoms with Crippen LogP contribution in [-0.4, -0.2) is 48.4 Å². The first-order valence-corrected chi connectivity index (χ1v) is 9.11. The molecule has 1 unspecified atom stereocenters. The summed E-state index contributed by atoms with van der Waals surface area (Å²) in [5, 5.41) is 1.07. The number of Topliss-reactive ketones (excluding diaryl/α,β-unsaturated/α-hetero) is 1. The molecule has 1 aromatic carbocycles. The molecule has 26 heavy (non-hydrogen) atoms. The van der Waals surface area contributed by atoms with Gasteiger partial charge < -0.3 is 9.72 Å². The van der Waals surface area contributed by atoms with Crippen molar-refractivity contribution in [2.24, 2.45) is 11.8 Å².